The summed E-state index contributed by atoms with van der Waals surface area (Å²) < 4.78 is 11.1. The van der Waals surface area contributed by atoms with Crippen LogP contribution in [0.5, 0.6) is 5.75 Å². The number of halogens is 1. The maximum Gasteiger partial charge on any atom is 0.338 e. The molecule has 1 unspecified atom stereocenters. The van der Waals surface area contributed by atoms with E-state index < -0.39 is 12.0 Å². The van der Waals surface area contributed by atoms with Gasteiger partial charge in [-0.05, 0) is 36.6 Å². The largest absolute Gasteiger partial charge is 0.487 e. The number of benzene rings is 2. The summed E-state index contributed by atoms with van der Waals surface area (Å²) >= 11 is 6.45. The highest BCUT2D eigenvalue weighted by molar-refractivity contribution is 6.32. The number of rotatable bonds is 8. The summed E-state index contributed by atoms with van der Waals surface area (Å²) in [6.07, 6.45) is 1.34. The van der Waals surface area contributed by atoms with E-state index in [2.05, 4.69) is 10.6 Å². The fourth-order valence-electron chi connectivity index (χ4n) is 3.31. The van der Waals surface area contributed by atoms with Crippen molar-refractivity contribution < 1.29 is 19.1 Å². The fraction of sp³-hybridized carbons (Fsp3) is 0.304. The highest BCUT2D eigenvalue weighted by Crippen LogP contribution is 2.34. The molecule has 2 amide bonds. The first-order chi connectivity index (χ1) is 14.5. The van der Waals surface area contributed by atoms with Gasteiger partial charge in [0.2, 0.25) is 0 Å². The first kappa shape index (κ1) is 21.7. The normalized spacial score (nSPS) is 16.0. The Labute approximate surface area is 181 Å². The van der Waals surface area contributed by atoms with E-state index >= 15 is 0 Å². The van der Waals surface area contributed by atoms with E-state index in [1.807, 2.05) is 37.3 Å². The molecule has 0 radical (unpaired) electrons. The van der Waals surface area contributed by atoms with Gasteiger partial charge < -0.3 is 20.1 Å². The quantitative estimate of drug-likeness (QED) is 0.587. The number of amides is 2. The van der Waals surface area contributed by atoms with Crippen molar-refractivity contribution in [3.63, 3.8) is 0 Å². The lowest BCUT2D eigenvalue weighted by molar-refractivity contribution is -0.139. The summed E-state index contributed by atoms with van der Waals surface area (Å²) in [6, 6.07) is 14.0. The van der Waals surface area contributed by atoms with E-state index in [9.17, 15) is 9.59 Å². The van der Waals surface area contributed by atoms with Crippen LogP contribution in [0.2, 0.25) is 5.02 Å². The van der Waals surface area contributed by atoms with Crippen molar-refractivity contribution in [2.75, 3.05) is 6.61 Å². The summed E-state index contributed by atoms with van der Waals surface area (Å²) in [6.45, 7) is 4.36. The Morgan fingerprint density at radius 2 is 1.90 bits per heavy atom. The van der Waals surface area contributed by atoms with Gasteiger partial charge in [-0.3, -0.25) is 0 Å². The Balaban J connectivity index is 1.88. The summed E-state index contributed by atoms with van der Waals surface area (Å²) in [5.74, 6) is 0.0685. The van der Waals surface area contributed by atoms with Gasteiger partial charge in [-0.2, -0.15) is 0 Å². The molecule has 1 aliphatic heterocycles. The number of carbonyl (C=O) groups excluding carboxylic acids is 2. The molecule has 158 valence electrons. The Morgan fingerprint density at radius 1 is 1.13 bits per heavy atom. The topological polar surface area (TPSA) is 76.7 Å². The molecule has 1 aliphatic rings. The number of hydrogen-bond acceptors (Lipinski definition) is 4. The minimum atomic E-state index is -0.653. The minimum absolute atomic E-state index is 0.245. The minimum Gasteiger partial charge on any atom is -0.487 e. The summed E-state index contributed by atoms with van der Waals surface area (Å²) in [5, 5.41) is 5.95. The maximum atomic E-state index is 12.7. The molecule has 2 aromatic rings. The van der Waals surface area contributed by atoms with Crippen LogP contribution in [-0.4, -0.2) is 18.6 Å². The molecule has 1 heterocycles. The van der Waals surface area contributed by atoms with Gasteiger partial charge in [0, 0.05) is 5.70 Å². The molecule has 1 atom stereocenters. The molecule has 2 aromatic carbocycles. The van der Waals surface area contributed by atoms with Crippen molar-refractivity contribution in [3.05, 3.63) is 76.0 Å². The van der Waals surface area contributed by atoms with Crippen LogP contribution in [0.4, 0.5) is 4.79 Å². The molecule has 0 saturated heterocycles. The number of allylic oxidation sites excluding steroid dienone is 1. The van der Waals surface area contributed by atoms with E-state index in [1.54, 1.807) is 25.1 Å². The summed E-state index contributed by atoms with van der Waals surface area (Å²) in [7, 11) is 0. The van der Waals surface area contributed by atoms with Gasteiger partial charge >= 0.3 is 12.0 Å². The average Bonchev–Trinajstić information content (AvgIpc) is 2.73. The molecule has 0 spiro atoms. The van der Waals surface area contributed by atoms with Gasteiger partial charge in [-0.25, -0.2) is 9.59 Å². The van der Waals surface area contributed by atoms with E-state index in [1.165, 1.54) is 0 Å². The van der Waals surface area contributed by atoms with Crippen molar-refractivity contribution in [2.45, 2.75) is 39.3 Å². The number of urea groups is 1. The summed E-state index contributed by atoms with van der Waals surface area (Å²) in [4.78, 5) is 24.9. The van der Waals surface area contributed by atoms with Gasteiger partial charge in [0.25, 0.3) is 0 Å². The van der Waals surface area contributed by atoms with Gasteiger partial charge in [-0.1, -0.05) is 61.3 Å². The van der Waals surface area contributed by atoms with E-state index in [-0.39, 0.29) is 12.6 Å². The zero-order valence-electron chi connectivity index (χ0n) is 17.0. The van der Waals surface area contributed by atoms with Crippen LogP contribution in [0.15, 0.2) is 59.8 Å². The van der Waals surface area contributed by atoms with Crippen molar-refractivity contribution in [1.29, 1.82) is 0 Å². The Morgan fingerprint density at radius 3 is 2.57 bits per heavy atom. The fourth-order valence-corrected chi connectivity index (χ4v) is 3.56. The molecule has 6 nitrogen and oxygen atoms in total. The molecule has 2 N–H and O–H groups in total. The molecule has 0 bridgehead atoms. The SMILES string of the molecule is CCCC1=C(C(=O)OCC)C(c2ccc(OCc3ccccc3)c(Cl)c2)NC(=O)N1. The molecule has 7 heteroatoms. The second-order valence-corrected chi connectivity index (χ2v) is 7.27. The van der Waals surface area contributed by atoms with Crippen molar-refractivity contribution in [3.8, 4) is 5.75 Å². The molecular weight excluding hydrogens is 404 g/mol. The third kappa shape index (κ3) is 5.13. The van der Waals surface area contributed by atoms with Gasteiger partial charge in [0.05, 0.1) is 23.2 Å². The molecule has 3 rings (SSSR count). The van der Waals surface area contributed by atoms with Crippen LogP contribution >= 0.6 is 11.6 Å². The smallest absolute Gasteiger partial charge is 0.338 e. The number of carbonyl (C=O) groups is 2. The molecule has 0 saturated carbocycles. The second kappa shape index (κ2) is 10.2. The van der Waals surface area contributed by atoms with E-state index in [0.717, 1.165) is 12.0 Å². The predicted molar refractivity (Wildman–Crippen MR) is 115 cm³/mol. The summed E-state index contributed by atoms with van der Waals surface area (Å²) in [5.41, 5.74) is 2.68. The van der Waals surface area contributed by atoms with Crippen molar-refractivity contribution in [1.82, 2.24) is 10.6 Å². The maximum absolute atomic E-state index is 12.7. The lowest BCUT2D eigenvalue weighted by Gasteiger charge is -2.29. The second-order valence-electron chi connectivity index (χ2n) is 6.86. The Kier molecular flexibility index (Phi) is 7.36. The molecule has 30 heavy (non-hydrogen) atoms. The highest BCUT2D eigenvalue weighted by Gasteiger charge is 2.33. The molecule has 0 fully saturated rings. The lowest BCUT2D eigenvalue weighted by atomic mass is 9.93. The van der Waals surface area contributed by atoms with Crippen LogP contribution in [-0.2, 0) is 16.1 Å². The van der Waals surface area contributed by atoms with E-state index in [4.69, 9.17) is 21.1 Å². The van der Waals surface area contributed by atoms with Crippen LogP contribution in [0.1, 0.15) is 43.9 Å². The molecular formula is C23H25ClN2O4. The lowest BCUT2D eigenvalue weighted by Crippen LogP contribution is -2.46. The zero-order chi connectivity index (χ0) is 21.5. The predicted octanol–water partition coefficient (Wildman–Crippen LogP) is 4.89. The molecule has 0 aromatic heterocycles. The number of nitrogens with one attached hydrogen (secondary N) is 2. The van der Waals surface area contributed by atoms with Gasteiger partial charge in [0.1, 0.15) is 12.4 Å². The number of ether oxygens (including phenoxy) is 2. The first-order valence-corrected chi connectivity index (χ1v) is 10.3. The van der Waals surface area contributed by atoms with Crippen molar-refractivity contribution >= 4 is 23.6 Å². The van der Waals surface area contributed by atoms with Crippen LogP contribution in [0.3, 0.4) is 0 Å². The zero-order valence-corrected chi connectivity index (χ0v) is 17.8. The van der Waals surface area contributed by atoms with E-state index in [0.29, 0.717) is 40.6 Å². The van der Waals surface area contributed by atoms with Gasteiger partial charge in [0.15, 0.2) is 0 Å². The van der Waals surface area contributed by atoms with Crippen molar-refractivity contribution in [2.24, 2.45) is 0 Å². The van der Waals surface area contributed by atoms with Crippen LogP contribution in [0, 0.1) is 0 Å². The highest BCUT2D eigenvalue weighted by atomic mass is 35.5. The van der Waals surface area contributed by atoms with Gasteiger partial charge in [-0.15, -0.1) is 0 Å². The Bertz CT molecular complexity index is 943. The monoisotopic (exact) mass is 428 g/mol. The third-order valence-corrected chi connectivity index (χ3v) is 4.97. The van der Waals surface area contributed by atoms with Crippen LogP contribution in [0.25, 0.3) is 0 Å². The third-order valence-electron chi connectivity index (χ3n) is 4.68. The standard InChI is InChI=1S/C23H25ClN2O4/c1-3-8-18-20(22(27)29-4-2)21(26-23(28)25-18)16-11-12-19(17(24)13-16)30-14-15-9-6-5-7-10-15/h5-7,9-13,21H,3-4,8,14H2,1-2H3,(H2,25,26,28). The molecule has 0 aliphatic carbocycles. The number of esters is 1. The Hall–Kier alpha value is -2.99. The first-order valence-electron chi connectivity index (χ1n) is 9.97. The number of hydrogen-bond donors (Lipinski definition) is 2. The van der Waals surface area contributed by atoms with Crippen LogP contribution < -0.4 is 15.4 Å². The average molecular weight is 429 g/mol.